The number of amides is 2. The van der Waals surface area contributed by atoms with Crippen LogP contribution >= 0.6 is 0 Å². The third kappa shape index (κ3) is 5.52. The highest BCUT2D eigenvalue weighted by Crippen LogP contribution is 2.16. The fourth-order valence-electron chi connectivity index (χ4n) is 1.53. The summed E-state index contributed by atoms with van der Waals surface area (Å²) in [5, 5.41) is 8.00. The lowest BCUT2D eigenvalue weighted by Crippen LogP contribution is -2.36. The predicted molar refractivity (Wildman–Crippen MR) is 76.1 cm³/mol. The van der Waals surface area contributed by atoms with E-state index in [1.807, 2.05) is 24.3 Å². The first-order valence-electron chi connectivity index (χ1n) is 6.34. The number of rotatable bonds is 6. The first-order valence-corrected chi connectivity index (χ1v) is 6.34. The molecule has 0 bridgehead atoms. The molecule has 2 amide bonds. The second-order valence-electron chi connectivity index (χ2n) is 4.60. The van der Waals surface area contributed by atoms with Gasteiger partial charge in [0, 0.05) is 12.7 Å². The van der Waals surface area contributed by atoms with Crippen molar-refractivity contribution in [2.75, 3.05) is 25.5 Å². The number of benzene rings is 1. The van der Waals surface area contributed by atoms with Gasteiger partial charge in [-0.3, -0.25) is 14.9 Å². The number of anilines is 1. The quantitative estimate of drug-likeness (QED) is 0.719. The summed E-state index contributed by atoms with van der Waals surface area (Å²) in [7, 11) is 1.56. The SMILES string of the molecule is CNC(=O)CNCC(=O)Nc1ccc(C(C)C)cc1. The Kier molecular flexibility index (Phi) is 6.02. The highest BCUT2D eigenvalue weighted by molar-refractivity contribution is 5.92. The van der Waals surface area contributed by atoms with E-state index in [0.717, 1.165) is 5.69 Å². The van der Waals surface area contributed by atoms with E-state index in [2.05, 4.69) is 29.8 Å². The topological polar surface area (TPSA) is 70.2 Å². The van der Waals surface area contributed by atoms with Gasteiger partial charge in [-0.25, -0.2) is 0 Å². The molecular weight excluding hydrogens is 242 g/mol. The molecule has 0 aliphatic rings. The minimum atomic E-state index is -0.166. The molecule has 3 N–H and O–H groups in total. The normalized spacial score (nSPS) is 10.3. The van der Waals surface area contributed by atoms with E-state index in [4.69, 9.17) is 0 Å². The molecule has 0 radical (unpaired) electrons. The number of carbonyl (C=O) groups is 2. The molecule has 5 nitrogen and oxygen atoms in total. The molecule has 19 heavy (non-hydrogen) atoms. The monoisotopic (exact) mass is 263 g/mol. The summed E-state index contributed by atoms with van der Waals surface area (Å²) in [5.74, 6) is 0.161. The molecule has 0 aromatic heterocycles. The van der Waals surface area contributed by atoms with Crippen LogP contribution in [0.4, 0.5) is 5.69 Å². The number of hydrogen-bond donors (Lipinski definition) is 3. The average Bonchev–Trinajstić information content (AvgIpc) is 2.39. The van der Waals surface area contributed by atoms with Gasteiger partial charge in [0.15, 0.2) is 0 Å². The highest BCUT2D eigenvalue weighted by atomic mass is 16.2. The Labute approximate surface area is 113 Å². The summed E-state index contributed by atoms with van der Waals surface area (Å²) in [6.45, 7) is 4.49. The summed E-state index contributed by atoms with van der Waals surface area (Å²) >= 11 is 0. The van der Waals surface area contributed by atoms with Crippen molar-refractivity contribution >= 4 is 17.5 Å². The molecule has 0 fully saturated rings. The summed E-state index contributed by atoms with van der Waals surface area (Å²) in [6.07, 6.45) is 0. The van der Waals surface area contributed by atoms with E-state index in [1.165, 1.54) is 5.56 Å². The van der Waals surface area contributed by atoms with Crippen molar-refractivity contribution < 1.29 is 9.59 Å². The van der Waals surface area contributed by atoms with E-state index in [0.29, 0.717) is 5.92 Å². The Morgan fingerprint density at radius 1 is 1.05 bits per heavy atom. The molecule has 0 aliphatic heterocycles. The van der Waals surface area contributed by atoms with Gasteiger partial charge in [0.1, 0.15) is 0 Å². The number of carbonyl (C=O) groups excluding carboxylic acids is 2. The molecule has 0 atom stereocenters. The maximum absolute atomic E-state index is 11.6. The Balaban J connectivity index is 2.38. The van der Waals surface area contributed by atoms with Crippen molar-refractivity contribution in [3.8, 4) is 0 Å². The Morgan fingerprint density at radius 2 is 1.63 bits per heavy atom. The van der Waals surface area contributed by atoms with Gasteiger partial charge in [-0.15, -0.1) is 0 Å². The van der Waals surface area contributed by atoms with Gasteiger partial charge in [-0.1, -0.05) is 26.0 Å². The minimum Gasteiger partial charge on any atom is -0.358 e. The Hall–Kier alpha value is -1.88. The van der Waals surface area contributed by atoms with Crippen molar-refractivity contribution in [2.45, 2.75) is 19.8 Å². The van der Waals surface area contributed by atoms with Gasteiger partial charge in [0.2, 0.25) is 11.8 Å². The second-order valence-corrected chi connectivity index (χ2v) is 4.60. The smallest absolute Gasteiger partial charge is 0.238 e. The fraction of sp³-hybridized carbons (Fsp3) is 0.429. The molecule has 1 rings (SSSR count). The van der Waals surface area contributed by atoms with E-state index < -0.39 is 0 Å². The minimum absolute atomic E-state index is 0.110. The van der Waals surface area contributed by atoms with Crippen molar-refractivity contribution in [1.82, 2.24) is 10.6 Å². The second kappa shape index (κ2) is 7.53. The lowest BCUT2D eigenvalue weighted by molar-refractivity contribution is -0.119. The van der Waals surface area contributed by atoms with E-state index in [1.54, 1.807) is 7.05 Å². The summed E-state index contributed by atoms with van der Waals surface area (Å²) < 4.78 is 0. The maximum Gasteiger partial charge on any atom is 0.238 e. The van der Waals surface area contributed by atoms with Crippen LogP contribution in [-0.4, -0.2) is 32.0 Å². The van der Waals surface area contributed by atoms with Crippen LogP contribution in [-0.2, 0) is 9.59 Å². The first kappa shape index (κ1) is 15.2. The van der Waals surface area contributed by atoms with Crippen LogP contribution in [0.5, 0.6) is 0 Å². The van der Waals surface area contributed by atoms with Crippen LogP contribution in [0.1, 0.15) is 25.3 Å². The first-order chi connectivity index (χ1) is 9.02. The largest absolute Gasteiger partial charge is 0.358 e. The lowest BCUT2D eigenvalue weighted by atomic mass is 10.0. The molecule has 0 spiro atoms. The molecule has 0 heterocycles. The maximum atomic E-state index is 11.6. The third-order valence-corrected chi connectivity index (χ3v) is 2.71. The number of nitrogens with one attached hydrogen (secondary N) is 3. The third-order valence-electron chi connectivity index (χ3n) is 2.71. The zero-order valence-electron chi connectivity index (χ0n) is 11.6. The Morgan fingerprint density at radius 3 is 2.16 bits per heavy atom. The van der Waals surface area contributed by atoms with Crippen LogP contribution in [0.15, 0.2) is 24.3 Å². The number of hydrogen-bond acceptors (Lipinski definition) is 3. The van der Waals surface area contributed by atoms with Gasteiger partial charge in [-0.05, 0) is 23.6 Å². The zero-order chi connectivity index (χ0) is 14.3. The van der Waals surface area contributed by atoms with E-state index >= 15 is 0 Å². The van der Waals surface area contributed by atoms with Gasteiger partial charge in [-0.2, -0.15) is 0 Å². The van der Waals surface area contributed by atoms with Gasteiger partial charge in [0.25, 0.3) is 0 Å². The fourth-order valence-corrected chi connectivity index (χ4v) is 1.53. The van der Waals surface area contributed by atoms with Crippen LogP contribution in [0.25, 0.3) is 0 Å². The lowest BCUT2D eigenvalue weighted by Gasteiger charge is -2.09. The molecule has 1 aromatic rings. The zero-order valence-corrected chi connectivity index (χ0v) is 11.6. The molecule has 1 aromatic carbocycles. The summed E-state index contributed by atoms with van der Waals surface area (Å²) in [4.78, 5) is 22.5. The van der Waals surface area contributed by atoms with Crippen molar-refractivity contribution in [3.05, 3.63) is 29.8 Å². The molecule has 0 unspecified atom stereocenters. The average molecular weight is 263 g/mol. The number of likely N-dealkylation sites (N-methyl/N-ethyl adjacent to an activating group) is 1. The highest BCUT2D eigenvalue weighted by Gasteiger charge is 2.04. The summed E-state index contributed by atoms with van der Waals surface area (Å²) in [6, 6.07) is 7.76. The molecule has 0 aliphatic carbocycles. The van der Waals surface area contributed by atoms with Crippen LogP contribution in [0.3, 0.4) is 0 Å². The van der Waals surface area contributed by atoms with Gasteiger partial charge >= 0.3 is 0 Å². The van der Waals surface area contributed by atoms with Crippen LogP contribution in [0, 0.1) is 0 Å². The van der Waals surface area contributed by atoms with Crippen molar-refractivity contribution in [1.29, 1.82) is 0 Å². The van der Waals surface area contributed by atoms with Crippen molar-refractivity contribution in [2.24, 2.45) is 0 Å². The van der Waals surface area contributed by atoms with Crippen LogP contribution < -0.4 is 16.0 Å². The molecule has 0 saturated carbocycles. The molecule has 0 saturated heterocycles. The molecule has 5 heteroatoms. The van der Waals surface area contributed by atoms with Gasteiger partial charge in [0.05, 0.1) is 13.1 Å². The summed E-state index contributed by atoms with van der Waals surface area (Å²) in [5.41, 5.74) is 1.99. The molecule has 104 valence electrons. The predicted octanol–water partition coefficient (Wildman–Crippen LogP) is 1.08. The van der Waals surface area contributed by atoms with Crippen molar-refractivity contribution in [3.63, 3.8) is 0 Å². The standard InChI is InChI=1S/C14H21N3O2/c1-10(2)11-4-6-12(7-5-11)17-14(19)9-16-8-13(18)15-3/h4-7,10,16H,8-9H2,1-3H3,(H,15,18)(H,17,19). The van der Waals surface area contributed by atoms with E-state index in [9.17, 15) is 9.59 Å². The van der Waals surface area contributed by atoms with Crippen LogP contribution in [0.2, 0.25) is 0 Å². The van der Waals surface area contributed by atoms with E-state index in [-0.39, 0.29) is 24.9 Å². The van der Waals surface area contributed by atoms with Gasteiger partial charge < -0.3 is 10.6 Å². The molecular formula is C14H21N3O2. The Bertz CT molecular complexity index is 427.